The largest absolute Gasteiger partial charge is 0.368 e. The fourth-order valence-corrected chi connectivity index (χ4v) is 2.80. The van der Waals surface area contributed by atoms with E-state index in [9.17, 15) is 0 Å². The van der Waals surface area contributed by atoms with Crippen molar-refractivity contribution < 1.29 is 0 Å². The number of fused-ring (bicyclic) bond motifs is 3. The molecule has 0 aromatic carbocycles. The van der Waals surface area contributed by atoms with Crippen molar-refractivity contribution in [2.24, 2.45) is 0 Å². The van der Waals surface area contributed by atoms with Gasteiger partial charge in [-0.15, -0.1) is 0 Å². The van der Waals surface area contributed by atoms with E-state index in [0.717, 1.165) is 44.1 Å². The molecule has 1 unspecified atom stereocenters. The van der Waals surface area contributed by atoms with Gasteiger partial charge < -0.3 is 5.73 Å². The molecular formula is C12H20N6. The molecule has 98 valence electrons. The van der Waals surface area contributed by atoms with Crippen LogP contribution in [0.5, 0.6) is 0 Å². The smallest absolute Gasteiger partial charge is 0.223 e. The summed E-state index contributed by atoms with van der Waals surface area (Å²) in [4.78, 5) is 18.1. The lowest BCUT2D eigenvalue weighted by molar-refractivity contribution is 0.00853. The number of aryl methyl sites for hydroxylation is 1. The Kier molecular flexibility index (Phi) is 3.13. The van der Waals surface area contributed by atoms with Gasteiger partial charge in [0.2, 0.25) is 5.95 Å². The number of nitrogen functional groups attached to an aromatic ring is 1. The van der Waals surface area contributed by atoms with Crippen molar-refractivity contribution in [1.82, 2.24) is 24.8 Å². The second-order valence-corrected chi connectivity index (χ2v) is 5.07. The van der Waals surface area contributed by atoms with E-state index in [1.165, 1.54) is 13.1 Å². The highest BCUT2D eigenvalue weighted by molar-refractivity contribution is 5.18. The predicted molar refractivity (Wildman–Crippen MR) is 69.0 cm³/mol. The monoisotopic (exact) mass is 248 g/mol. The highest BCUT2D eigenvalue weighted by atomic mass is 15.4. The van der Waals surface area contributed by atoms with Crippen molar-refractivity contribution in [3.63, 3.8) is 0 Å². The van der Waals surface area contributed by atoms with Crippen LogP contribution < -0.4 is 5.73 Å². The van der Waals surface area contributed by atoms with Gasteiger partial charge in [-0.05, 0) is 6.42 Å². The number of nitrogens with two attached hydrogens (primary N) is 1. The third-order valence-corrected chi connectivity index (χ3v) is 3.77. The average Bonchev–Trinajstić information content (AvgIpc) is 2.40. The first-order chi connectivity index (χ1) is 8.76. The first-order valence-electron chi connectivity index (χ1n) is 6.73. The maximum absolute atomic E-state index is 5.80. The summed E-state index contributed by atoms with van der Waals surface area (Å²) in [6.07, 6.45) is 1.90. The SMILES string of the molecule is CCCc1nc(N)nc(C2CN3CCN2CC3)n1. The number of hydrogen-bond acceptors (Lipinski definition) is 6. The van der Waals surface area contributed by atoms with E-state index in [-0.39, 0.29) is 0 Å². The molecule has 3 saturated heterocycles. The molecule has 0 spiro atoms. The van der Waals surface area contributed by atoms with Crippen LogP contribution in [0.4, 0.5) is 5.95 Å². The molecule has 0 amide bonds. The van der Waals surface area contributed by atoms with Crippen LogP contribution in [0.1, 0.15) is 31.0 Å². The molecule has 2 N–H and O–H groups in total. The molecule has 1 aromatic heterocycles. The third-order valence-electron chi connectivity index (χ3n) is 3.77. The van der Waals surface area contributed by atoms with Gasteiger partial charge >= 0.3 is 0 Å². The van der Waals surface area contributed by atoms with Crippen LogP contribution >= 0.6 is 0 Å². The molecular weight excluding hydrogens is 228 g/mol. The Hall–Kier alpha value is -1.27. The number of hydrogen-bond donors (Lipinski definition) is 1. The summed E-state index contributed by atoms with van der Waals surface area (Å²) in [7, 11) is 0. The molecule has 6 heteroatoms. The van der Waals surface area contributed by atoms with Gasteiger partial charge in [-0.1, -0.05) is 6.92 Å². The minimum Gasteiger partial charge on any atom is -0.368 e. The van der Waals surface area contributed by atoms with Crippen molar-refractivity contribution in [1.29, 1.82) is 0 Å². The molecule has 4 rings (SSSR count). The van der Waals surface area contributed by atoms with Gasteiger partial charge in [0.1, 0.15) is 5.82 Å². The Bertz CT molecular complexity index is 427. The van der Waals surface area contributed by atoms with Crippen LogP contribution in [0.2, 0.25) is 0 Å². The first kappa shape index (κ1) is 11.8. The van der Waals surface area contributed by atoms with Gasteiger partial charge in [-0.2, -0.15) is 9.97 Å². The van der Waals surface area contributed by atoms with Crippen LogP contribution in [-0.4, -0.2) is 57.5 Å². The molecule has 3 aliphatic rings. The molecule has 18 heavy (non-hydrogen) atoms. The lowest BCUT2D eigenvalue weighted by Crippen LogP contribution is -2.57. The number of nitrogens with zero attached hydrogens (tertiary/aromatic N) is 5. The molecule has 1 aromatic rings. The number of piperazine rings is 3. The van der Waals surface area contributed by atoms with Crippen LogP contribution in [-0.2, 0) is 6.42 Å². The van der Waals surface area contributed by atoms with Gasteiger partial charge in [0.15, 0.2) is 5.82 Å². The van der Waals surface area contributed by atoms with E-state index in [4.69, 9.17) is 5.73 Å². The molecule has 4 heterocycles. The number of anilines is 1. The summed E-state index contributed by atoms with van der Waals surface area (Å²) >= 11 is 0. The van der Waals surface area contributed by atoms with Gasteiger partial charge in [0.05, 0.1) is 6.04 Å². The van der Waals surface area contributed by atoms with Crippen molar-refractivity contribution in [2.45, 2.75) is 25.8 Å². The second kappa shape index (κ2) is 4.78. The maximum Gasteiger partial charge on any atom is 0.223 e. The fraction of sp³-hybridized carbons (Fsp3) is 0.750. The van der Waals surface area contributed by atoms with Crippen LogP contribution in [0, 0.1) is 0 Å². The van der Waals surface area contributed by atoms with Crippen molar-refractivity contribution in [3.8, 4) is 0 Å². The summed E-state index contributed by atoms with van der Waals surface area (Å²) in [6.45, 7) is 7.70. The van der Waals surface area contributed by atoms with E-state index < -0.39 is 0 Å². The number of aromatic nitrogens is 3. The Morgan fingerprint density at radius 2 is 1.94 bits per heavy atom. The quantitative estimate of drug-likeness (QED) is 0.816. The van der Waals surface area contributed by atoms with Crippen molar-refractivity contribution in [3.05, 3.63) is 11.6 Å². The summed E-state index contributed by atoms with van der Waals surface area (Å²) < 4.78 is 0. The predicted octanol–water partition coefficient (Wildman–Crippen LogP) is 0.0786. The van der Waals surface area contributed by atoms with E-state index in [2.05, 4.69) is 31.7 Å². The normalized spacial score (nSPS) is 30.6. The molecule has 0 saturated carbocycles. The van der Waals surface area contributed by atoms with Crippen molar-refractivity contribution >= 4 is 5.95 Å². The van der Waals surface area contributed by atoms with Crippen LogP contribution in [0.25, 0.3) is 0 Å². The Morgan fingerprint density at radius 1 is 1.17 bits per heavy atom. The average molecular weight is 248 g/mol. The molecule has 6 nitrogen and oxygen atoms in total. The number of rotatable bonds is 3. The van der Waals surface area contributed by atoms with E-state index in [0.29, 0.717) is 12.0 Å². The molecule has 0 aliphatic carbocycles. The molecule has 0 radical (unpaired) electrons. The Labute approximate surface area is 107 Å². The minimum atomic E-state index is 0.299. The topological polar surface area (TPSA) is 71.2 Å². The highest BCUT2D eigenvalue weighted by Crippen LogP contribution is 2.26. The summed E-state index contributed by atoms with van der Waals surface area (Å²) in [5.74, 6) is 2.05. The zero-order valence-corrected chi connectivity index (χ0v) is 10.8. The third kappa shape index (κ3) is 2.18. The van der Waals surface area contributed by atoms with Crippen LogP contribution in [0.15, 0.2) is 0 Å². The minimum absolute atomic E-state index is 0.299. The van der Waals surface area contributed by atoms with Gasteiger partial charge in [-0.3, -0.25) is 9.80 Å². The Balaban J connectivity index is 1.87. The van der Waals surface area contributed by atoms with Gasteiger partial charge in [-0.25, -0.2) is 4.98 Å². The summed E-state index contributed by atoms with van der Waals surface area (Å²) in [5.41, 5.74) is 5.80. The van der Waals surface area contributed by atoms with E-state index >= 15 is 0 Å². The molecule has 3 fully saturated rings. The second-order valence-electron chi connectivity index (χ2n) is 5.07. The van der Waals surface area contributed by atoms with Crippen molar-refractivity contribution in [2.75, 3.05) is 38.5 Å². The summed E-state index contributed by atoms with van der Waals surface area (Å²) in [6, 6.07) is 0.299. The first-order valence-corrected chi connectivity index (χ1v) is 6.73. The van der Waals surface area contributed by atoms with Gasteiger partial charge in [0, 0.05) is 39.1 Å². The zero-order chi connectivity index (χ0) is 12.5. The molecule has 1 atom stereocenters. The molecule has 2 bridgehead atoms. The standard InChI is InChI=1S/C12H20N6/c1-2-3-10-14-11(16-12(13)15-10)9-8-17-4-6-18(9)7-5-17/h9H,2-8H2,1H3,(H2,13,14,15,16). The Morgan fingerprint density at radius 3 is 2.56 bits per heavy atom. The zero-order valence-electron chi connectivity index (χ0n) is 10.8. The van der Waals surface area contributed by atoms with Gasteiger partial charge in [0.25, 0.3) is 0 Å². The van der Waals surface area contributed by atoms with E-state index in [1.54, 1.807) is 0 Å². The maximum atomic E-state index is 5.80. The lowest BCUT2D eigenvalue weighted by Gasteiger charge is -2.46. The highest BCUT2D eigenvalue weighted by Gasteiger charge is 2.34. The molecule has 3 aliphatic heterocycles. The summed E-state index contributed by atoms with van der Waals surface area (Å²) in [5, 5.41) is 0. The fourth-order valence-electron chi connectivity index (χ4n) is 2.80. The van der Waals surface area contributed by atoms with Crippen LogP contribution in [0.3, 0.4) is 0 Å². The van der Waals surface area contributed by atoms with E-state index in [1.807, 2.05) is 0 Å². The lowest BCUT2D eigenvalue weighted by atomic mass is 10.1.